The Bertz CT molecular complexity index is 1460. The molecule has 0 aliphatic carbocycles. The van der Waals surface area contributed by atoms with Gasteiger partial charge >= 0.3 is 5.69 Å². The number of thioether (sulfide) groups is 1. The highest BCUT2D eigenvalue weighted by atomic mass is 32.2. The number of hydrogen-bond acceptors (Lipinski definition) is 9. The van der Waals surface area contributed by atoms with Crippen molar-refractivity contribution in [2.24, 2.45) is 0 Å². The molecule has 1 fully saturated rings. The van der Waals surface area contributed by atoms with Crippen LogP contribution >= 0.6 is 11.8 Å². The van der Waals surface area contributed by atoms with Crippen molar-refractivity contribution in [1.29, 1.82) is 0 Å². The number of amides is 3. The lowest BCUT2D eigenvalue weighted by molar-refractivity contribution is -0.394. The lowest BCUT2D eigenvalue weighted by Crippen LogP contribution is -2.36. The molecule has 0 saturated carbocycles. The minimum Gasteiger partial charge on any atom is -0.450 e. The van der Waals surface area contributed by atoms with Gasteiger partial charge in [-0.2, -0.15) is 0 Å². The number of nitrogens with one attached hydrogen (secondary N) is 1. The number of benzene rings is 3. The first-order valence-corrected chi connectivity index (χ1v) is 11.3. The molecule has 0 unspecified atom stereocenters. The predicted molar refractivity (Wildman–Crippen MR) is 134 cm³/mol. The molecule has 0 bridgehead atoms. The lowest BCUT2D eigenvalue weighted by Gasteiger charge is -2.12. The number of anilines is 1. The number of ether oxygens (including phenoxy) is 1. The Hall–Kier alpha value is -5.04. The molecule has 4 rings (SSSR count). The Balaban J connectivity index is 1.49. The molecular formula is C24H16N4O8S. The van der Waals surface area contributed by atoms with E-state index in [4.69, 9.17) is 4.74 Å². The van der Waals surface area contributed by atoms with Crippen LogP contribution in [0, 0.1) is 20.2 Å². The molecule has 0 radical (unpaired) electrons. The number of nitro groups is 2. The van der Waals surface area contributed by atoms with E-state index in [-0.39, 0.29) is 16.4 Å². The number of carbonyl (C=O) groups excluding carboxylic acids is 3. The second-order valence-electron chi connectivity index (χ2n) is 7.52. The fraction of sp³-hybridized carbons (Fsp3) is 0.0417. The first-order valence-electron chi connectivity index (χ1n) is 10.5. The lowest BCUT2D eigenvalue weighted by atomic mass is 10.2. The van der Waals surface area contributed by atoms with Crippen molar-refractivity contribution in [3.05, 3.63) is 103 Å². The van der Waals surface area contributed by atoms with E-state index in [0.717, 1.165) is 23.1 Å². The van der Waals surface area contributed by atoms with Crippen molar-refractivity contribution in [2.75, 3.05) is 11.9 Å². The van der Waals surface area contributed by atoms with Gasteiger partial charge in [-0.05, 0) is 53.7 Å². The molecule has 1 aliphatic rings. The second kappa shape index (κ2) is 10.7. The number of nitro benzene ring substituents is 2. The van der Waals surface area contributed by atoms with Gasteiger partial charge in [-0.25, -0.2) is 0 Å². The van der Waals surface area contributed by atoms with Gasteiger partial charge in [0.05, 0.1) is 20.8 Å². The van der Waals surface area contributed by atoms with Crippen molar-refractivity contribution < 1.29 is 29.0 Å². The standard InChI is InChI=1S/C24H16N4O8S/c29-22(25-16-6-2-1-3-7-16)14-26-23(30)21(37-24(26)31)12-15-5-4-8-18(11-15)36-20-10-9-17(27(32)33)13-19(20)28(34)35/h1-13H,14H2,(H,25,29)/b21-12+. The molecule has 13 heteroatoms. The van der Waals surface area contributed by atoms with E-state index >= 15 is 0 Å². The van der Waals surface area contributed by atoms with Crippen LogP contribution in [0.1, 0.15) is 5.56 Å². The summed E-state index contributed by atoms with van der Waals surface area (Å²) in [6, 6.07) is 17.7. The SMILES string of the molecule is O=C(CN1C(=O)S/C(=C/c2cccc(Oc3ccc([N+](=O)[O-])cc3[N+](=O)[O-])c2)C1=O)Nc1ccccc1. The summed E-state index contributed by atoms with van der Waals surface area (Å²) in [5, 5.41) is 24.3. The molecule has 3 aromatic carbocycles. The second-order valence-corrected chi connectivity index (χ2v) is 8.52. The summed E-state index contributed by atoms with van der Waals surface area (Å²) in [4.78, 5) is 59.1. The quantitative estimate of drug-likeness (QED) is 0.245. The molecule has 186 valence electrons. The van der Waals surface area contributed by atoms with Crippen LogP contribution in [0.4, 0.5) is 21.9 Å². The highest BCUT2D eigenvalue weighted by Crippen LogP contribution is 2.36. The van der Waals surface area contributed by atoms with Gasteiger partial charge in [0.2, 0.25) is 11.7 Å². The van der Waals surface area contributed by atoms with Gasteiger partial charge < -0.3 is 10.1 Å². The number of nitrogens with zero attached hydrogens (tertiary/aromatic N) is 3. The molecule has 1 aliphatic heterocycles. The zero-order valence-corrected chi connectivity index (χ0v) is 19.5. The molecule has 0 aromatic heterocycles. The Labute approximate surface area is 212 Å². The van der Waals surface area contributed by atoms with E-state index in [1.165, 1.54) is 18.2 Å². The van der Waals surface area contributed by atoms with Gasteiger partial charge in [-0.15, -0.1) is 0 Å². The van der Waals surface area contributed by atoms with Gasteiger partial charge in [0, 0.05) is 11.8 Å². The van der Waals surface area contributed by atoms with Crippen LogP contribution in [0.3, 0.4) is 0 Å². The van der Waals surface area contributed by atoms with Gasteiger partial charge in [-0.3, -0.25) is 39.5 Å². The minimum absolute atomic E-state index is 0.0796. The molecule has 3 aromatic rings. The summed E-state index contributed by atoms with van der Waals surface area (Å²) in [7, 11) is 0. The Morgan fingerprint density at radius 2 is 1.73 bits per heavy atom. The van der Waals surface area contributed by atoms with Crippen molar-refractivity contribution in [1.82, 2.24) is 4.90 Å². The van der Waals surface area contributed by atoms with Crippen LogP contribution in [0.5, 0.6) is 11.5 Å². The van der Waals surface area contributed by atoms with Gasteiger partial charge in [-0.1, -0.05) is 30.3 Å². The van der Waals surface area contributed by atoms with E-state index < -0.39 is 44.8 Å². The molecule has 1 heterocycles. The zero-order valence-electron chi connectivity index (χ0n) is 18.7. The third-order valence-electron chi connectivity index (χ3n) is 4.97. The van der Waals surface area contributed by atoms with Crippen LogP contribution < -0.4 is 10.1 Å². The summed E-state index contributed by atoms with van der Waals surface area (Å²) < 4.78 is 5.57. The van der Waals surface area contributed by atoms with E-state index in [1.54, 1.807) is 42.5 Å². The zero-order chi connectivity index (χ0) is 26.5. The monoisotopic (exact) mass is 520 g/mol. The number of imide groups is 1. The summed E-state index contributed by atoms with van der Waals surface area (Å²) in [6.45, 7) is -0.455. The highest BCUT2D eigenvalue weighted by Gasteiger charge is 2.36. The maximum Gasteiger partial charge on any atom is 0.318 e. The third-order valence-corrected chi connectivity index (χ3v) is 5.87. The largest absolute Gasteiger partial charge is 0.450 e. The van der Waals surface area contributed by atoms with E-state index in [0.29, 0.717) is 23.0 Å². The van der Waals surface area contributed by atoms with E-state index in [9.17, 15) is 34.6 Å². The van der Waals surface area contributed by atoms with Crippen LogP contribution in [-0.4, -0.2) is 38.3 Å². The van der Waals surface area contributed by atoms with Crippen molar-refractivity contribution in [3.63, 3.8) is 0 Å². The van der Waals surface area contributed by atoms with Crippen molar-refractivity contribution in [2.45, 2.75) is 0 Å². The van der Waals surface area contributed by atoms with Gasteiger partial charge in [0.15, 0.2) is 0 Å². The normalized spacial score (nSPS) is 14.1. The molecular weight excluding hydrogens is 504 g/mol. The minimum atomic E-state index is -0.795. The Morgan fingerprint density at radius 3 is 2.43 bits per heavy atom. The van der Waals surface area contributed by atoms with Gasteiger partial charge in [0.1, 0.15) is 12.3 Å². The number of hydrogen-bond donors (Lipinski definition) is 1. The third kappa shape index (κ3) is 5.97. The number of para-hydroxylation sites is 1. The molecule has 3 amide bonds. The van der Waals surface area contributed by atoms with Gasteiger partial charge in [0.25, 0.3) is 16.8 Å². The van der Waals surface area contributed by atoms with Crippen LogP contribution in [0.15, 0.2) is 77.7 Å². The Morgan fingerprint density at radius 1 is 0.973 bits per heavy atom. The molecule has 37 heavy (non-hydrogen) atoms. The molecule has 0 spiro atoms. The molecule has 12 nitrogen and oxygen atoms in total. The molecule has 1 N–H and O–H groups in total. The number of carbonyl (C=O) groups is 3. The Kier molecular flexibility index (Phi) is 7.25. The van der Waals surface area contributed by atoms with Crippen molar-refractivity contribution >= 4 is 52.0 Å². The predicted octanol–water partition coefficient (Wildman–Crippen LogP) is 4.97. The number of non-ortho nitro benzene ring substituents is 1. The smallest absolute Gasteiger partial charge is 0.318 e. The van der Waals surface area contributed by atoms with Crippen LogP contribution in [0.25, 0.3) is 6.08 Å². The maximum atomic E-state index is 12.8. The maximum absolute atomic E-state index is 12.8. The summed E-state index contributed by atoms with van der Waals surface area (Å²) in [6.07, 6.45) is 1.43. The number of rotatable bonds is 8. The molecule has 1 saturated heterocycles. The first kappa shape index (κ1) is 25.1. The van der Waals surface area contributed by atoms with Crippen LogP contribution in [-0.2, 0) is 9.59 Å². The van der Waals surface area contributed by atoms with Crippen LogP contribution in [0.2, 0.25) is 0 Å². The fourth-order valence-electron chi connectivity index (χ4n) is 3.30. The topological polar surface area (TPSA) is 162 Å². The average molecular weight is 520 g/mol. The molecule has 0 atom stereocenters. The first-order chi connectivity index (χ1) is 17.7. The van der Waals surface area contributed by atoms with E-state index in [2.05, 4.69) is 5.32 Å². The van der Waals surface area contributed by atoms with Crippen molar-refractivity contribution in [3.8, 4) is 11.5 Å². The summed E-state index contributed by atoms with van der Waals surface area (Å²) >= 11 is 0.670. The summed E-state index contributed by atoms with van der Waals surface area (Å²) in [5.74, 6) is -1.23. The summed E-state index contributed by atoms with van der Waals surface area (Å²) in [5.41, 5.74) is -0.0723. The fourth-order valence-corrected chi connectivity index (χ4v) is 4.13. The average Bonchev–Trinajstić information content (AvgIpc) is 3.12. The van der Waals surface area contributed by atoms with E-state index in [1.807, 2.05) is 0 Å². The highest BCUT2D eigenvalue weighted by molar-refractivity contribution is 8.18.